The number of anilines is 1. The van der Waals surface area contributed by atoms with Gasteiger partial charge in [0.1, 0.15) is 31.7 Å². The Labute approximate surface area is 308 Å². The van der Waals surface area contributed by atoms with Crippen molar-refractivity contribution in [1.29, 1.82) is 0 Å². The number of benzene rings is 5. The summed E-state index contributed by atoms with van der Waals surface area (Å²) in [6.07, 6.45) is 0. The minimum Gasteiger partial charge on any atom is -0.505 e. The summed E-state index contributed by atoms with van der Waals surface area (Å²) >= 11 is 0. The van der Waals surface area contributed by atoms with E-state index in [4.69, 9.17) is 10.8 Å². The number of non-ortho nitro benzene ring substituents is 1. The zero-order valence-corrected chi connectivity index (χ0v) is 29.7. The van der Waals surface area contributed by atoms with Crippen molar-refractivity contribution in [2.24, 2.45) is 30.7 Å². The van der Waals surface area contributed by atoms with Gasteiger partial charge in [0.05, 0.1) is 38.6 Å². The molecule has 0 heterocycles. The Morgan fingerprint density at radius 3 is 1.78 bits per heavy atom. The summed E-state index contributed by atoms with van der Waals surface area (Å²) < 4.78 is 103. The monoisotopic (exact) mass is 814 g/mol. The molecular formula is C30H22N8O14S3. The summed E-state index contributed by atoms with van der Waals surface area (Å²) in [7, 11) is -15.9. The van der Waals surface area contributed by atoms with E-state index in [0.29, 0.717) is 41.2 Å². The third kappa shape index (κ3) is 8.61. The number of aromatic carboxylic acids is 1. The fourth-order valence-electron chi connectivity index (χ4n) is 4.82. The van der Waals surface area contributed by atoms with E-state index in [1.807, 2.05) is 0 Å². The molecule has 0 bridgehead atoms. The molecule has 0 amide bonds. The molecule has 284 valence electrons. The van der Waals surface area contributed by atoms with Crippen molar-refractivity contribution in [2.75, 3.05) is 5.73 Å². The summed E-state index contributed by atoms with van der Waals surface area (Å²) in [5.41, 5.74) is 3.83. The van der Waals surface area contributed by atoms with Gasteiger partial charge in [-0.3, -0.25) is 23.8 Å². The molecule has 5 aromatic carbocycles. The van der Waals surface area contributed by atoms with Crippen LogP contribution in [0.3, 0.4) is 0 Å². The summed E-state index contributed by atoms with van der Waals surface area (Å²) in [5.74, 6) is -2.40. The van der Waals surface area contributed by atoms with Crippen LogP contribution in [0.5, 0.6) is 5.75 Å². The highest BCUT2D eigenvalue weighted by molar-refractivity contribution is 7.86. The number of phenols is 1. The highest BCUT2D eigenvalue weighted by atomic mass is 32.2. The number of nitro groups is 1. The number of phenolic OH excluding ortho intramolecular Hbond substituents is 1. The van der Waals surface area contributed by atoms with Crippen molar-refractivity contribution in [2.45, 2.75) is 21.6 Å². The Hall–Kier alpha value is -6.64. The van der Waals surface area contributed by atoms with Crippen molar-refractivity contribution in [1.82, 2.24) is 0 Å². The fourth-order valence-corrected chi connectivity index (χ4v) is 6.81. The van der Waals surface area contributed by atoms with E-state index in [1.165, 1.54) is 42.5 Å². The number of hydrogen-bond donors (Lipinski definition) is 6. The largest absolute Gasteiger partial charge is 0.505 e. The first-order valence-electron chi connectivity index (χ1n) is 14.6. The van der Waals surface area contributed by atoms with Crippen LogP contribution >= 0.6 is 0 Å². The lowest BCUT2D eigenvalue weighted by atomic mass is 10.0. The molecule has 0 aliphatic heterocycles. The number of aromatic hydroxyl groups is 1. The van der Waals surface area contributed by atoms with Gasteiger partial charge in [-0.2, -0.15) is 40.6 Å². The summed E-state index contributed by atoms with van der Waals surface area (Å²) in [6.45, 7) is 1.64. The van der Waals surface area contributed by atoms with Gasteiger partial charge in [-0.15, -0.1) is 15.3 Å². The molecule has 0 spiro atoms. The Morgan fingerprint density at radius 1 is 0.673 bits per heavy atom. The van der Waals surface area contributed by atoms with E-state index < -0.39 is 101 Å². The molecule has 0 radical (unpaired) electrons. The molecule has 0 fully saturated rings. The maximum atomic E-state index is 12.5. The van der Waals surface area contributed by atoms with Crippen LogP contribution in [0.1, 0.15) is 15.9 Å². The number of nitrogen functional groups attached to an aromatic ring is 1. The van der Waals surface area contributed by atoms with Crippen LogP contribution in [0, 0.1) is 17.0 Å². The molecule has 0 unspecified atom stereocenters. The van der Waals surface area contributed by atoms with Crippen LogP contribution in [0.25, 0.3) is 10.8 Å². The van der Waals surface area contributed by atoms with E-state index in [9.17, 15) is 58.9 Å². The van der Waals surface area contributed by atoms with Crippen LogP contribution < -0.4 is 5.73 Å². The molecule has 0 aliphatic rings. The van der Waals surface area contributed by atoms with Crippen molar-refractivity contribution in [3.63, 3.8) is 0 Å². The summed E-state index contributed by atoms with van der Waals surface area (Å²) in [4.78, 5) is 17.6. The number of fused-ring (bicyclic) bond motifs is 1. The van der Waals surface area contributed by atoms with Crippen LogP contribution in [0.2, 0.25) is 0 Å². The normalized spacial score (nSPS) is 12.7. The van der Waals surface area contributed by atoms with Gasteiger partial charge in [0.15, 0.2) is 5.75 Å². The van der Waals surface area contributed by atoms with Crippen LogP contribution in [-0.4, -0.2) is 60.0 Å². The number of rotatable bonds is 11. The van der Waals surface area contributed by atoms with Crippen molar-refractivity contribution in [3.05, 3.63) is 94.0 Å². The highest BCUT2D eigenvalue weighted by Crippen LogP contribution is 2.48. The Kier molecular flexibility index (Phi) is 10.5. The second kappa shape index (κ2) is 14.6. The third-order valence-corrected chi connectivity index (χ3v) is 10.0. The predicted octanol–water partition coefficient (Wildman–Crippen LogP) is 7.03. The third-order valence-electron chi connectivity index (χ3n) is 7.40. The second-order valence-electron chi connectivity index (χ2n) is 11.1. The van der Waals surface area contributed by atoms with E-state index in [0.717, 1.165) is 6.07 Å². The van der Waals surface area contributed by atoms with Crippen LogP contribution in [0.15, 0.2) is 118 Å². The van der Waals surface area contributed by atoms with Gasteiger partial charge in [-0.1, -0.05) is 0 Å². The molecule has 0 aromatic heterocycles. The Bertz CT molecular complexity index is 2880. The topological polar surface area (TPSA) is 364 Å². The number of azo groups is 3. The SMILES string of the molecule is Cc1cc(N=Nc2cc(S(=O)(=O)O)c3cc(S(=O)(=O)O)c(N=Nc4ccc([N+](=O)[O-])cc4S(=O)(=O)O)c(O)c3c2N)ccc1N=Nc1ccc(C(=O)O)cc1. The fraction of sp³-hybridized carbons (Fsp3) is 0.0333. The molecule has 0 atom stereocenters. The molecular weight excluding hydrogens is 793 g/mol. The van der Waals surface area contributed by atoms with Gasteiger partial charge in [0.25, 0.3) is 36.0 Å². The average Bonchev–Trinajstić information content (AvgIpc) is 3.09. The lowest BCUT2D eigenvalue weighted by molar-refractivity contribution is -0.385. The molecule has 0 saturated carbocycles. The number of nitrogens with zero attached hydrogens (tertiary/aromatic N) is 7. The molecule has 25 heteroatoms. The van der Waals surface area contributed by atoms with Gasteiger partial charge in [-0.05, 0) is 73.2 Å². The van der Waals surface area contributed by atoms with Crippen molar-refractivity contribution < 1.29 is 58.8 Å². The van der Waals surface area contributed by atoms with E-state index >= 15 is 0 Å². The van der Waals surface area contributed by atoms with Crippen LogP contribution in [0.4, 0.5) is 45.5 Å². The minimum absolute atomic E-state index is 0.0566. The van der Waals surface area contributed by atoms with Crippen molar-refractivity contribution >= 4 is 92.6 Å². The van der Waals surface area contributed by atoms with Crippen molar-refractivity contribution in [3.8, 4) is 5.75 Å². The molecule has 0 saturated heterocycles. The lowest BCUT2D eigenvalue weighted by Gasteiger charge is -2.14. The molecule has 55 heavy (non-hydrogen) atoms. The summed E-state index contributed by atoms with van der Waals surface area (Å²) in [5, 5.41) is 53.0. The molecule has 7 N–H and O–H groups in total. The van der Waals surface area contributed by atoms with Gasteiger partial charge in [0.2, 0.25) is 0 Å². The molecule has 5 aromatic rings. The number of nitro benzene ring substituents is 1. The maximum Gasteiger partial charge on any atom is 0.335 e. The number of carboxylic acid groups (broad SMARTS) is 1. The van der Waals surface area contributed by atoms with Crippen LogP contribution in [-0.2, 0) is 30.4 Å². The molecule has 22 nitrogen and oxygen atoms in total. The second-order valence-corrected chi connectivity index (χ2v) is 15.2. The van der Waals surface area contributed by atoms with Gasteiger partial charge < -0.3 is 15.9 Å². The lowest BCUT2D eigenvalue weighted by Crippen LogP contribution is -2.04. The zero-order valence-electron chi connectivity index (χ0n) is 27.3. The highest BCUT2D eigenvalue weighted by Gasteiger charge is 2.29. The van der Waals surface area contributed by atoms with E-state index in [2.05, 4.69) is 30.7 Å². The van der Waals surface area contributed by atoms with Gasteiger partial charge in [0, 0.05) is 17.5 Å². The minimum atomic E-state index is -5.44. The average molecular weight is 815 g/mol. The molecule has 0 aliphatic carbocycles. The number of aryl methyl sites for hydroxylation is 1. The molecule has 5 rings (SSSR count). The Morgan fingerprint density at radius 2 is 1.22 bits per heavy atom. The van der Waals surface area contributed by atoms with E-state index in [-0.39, 0.29) is 11.3 Å². The first-order chi connectivity index (χ1) is 25.6. The number of hydrogen-bond acceptors (Lipinski definition) is 17. The quantitative estimate of drug-likeness (QED) is 0.0256. The number of carbonyl (C=O) groups is 1. The Balaban J connectivity index is 1.63. The first kappa shape index (κ1) is 39.6. The smallest absolute Gasteiger partial charge is 0.335 e. The maximum absolute atomic E-state index is 12.5. The van der Waals surface area contributed by atoms with Gasteiger partial charge >= 0.3 is 5.97 Å². The van der Waals surface area contributed by atoms with E-state index in [1.54, 1.807) is 6.92 Å². The zero-order chi connectivity index (χ0) is 40.6. The summed E-state index contributed by atoms with van der Waals surface area (Å²) in [6, 6.07) is 13.0. The first-order valence-corrected chi connectivity index (χ1v) is 18.9. The number of carboxylic acids is 1. The standard InChI is InChI=1S/C30H22N8O14S3/c1-14-10-17(6-8-20(14)34-32-16-4-2-15(3-5-16)30(40)41)33-36-22-13-23(53(44,45)46)19-12-25(55(50,51)52)28(29(39)26(19)27(22)31)37-35-21-9-7-18(38(42)43)11-24(21)54(47,48)49/h2-13,39H,31H2,1H3,(H,40,41)(H,44,45,46)(H,47,48,49)(H,50,51,52). The van der Waals surface area contributed by atoms with Gasteiger partial charge in [-0.25, -0.2) is 4.79 Å². The predicted molar refractivity (Wildman–Crippen MR) is 190 cm³/mol. The number of nitrogens with two attached hydrogens (primary N) is 1.